The van der Waals surface area contributed by atoms with Crippen LogP contribution in [0.15, 0.2) is 27.3 Å². The van der Waals surface area contributed by atoms with Crippen LogP contribution in [0.5, 0.6) is 0 Å². The number of likely N-dealkylation sites (tertiary alicyclic amines) is 1. The van der Waals surface area contributed by atoms with Gasteiger partial charge in [0.2, 0.25) is 0 Å². The lowest BCUT2D eigenvalue weighted by molar-refractivity contribution is 0.0753. The molecule has 1 amide bonds. The van der Waals surface area contributed by atoms with Gasteiger partial charge in [0.05, 0.1) is 11.7 Å². The molecule has 8 nitrogen and oxygen atoms in total. The van der Waals surface area contributed by atoms with Gasteiger partial charge in [-0.05, 0) is 39.3 Å². The van der Waals surface area contributed by atoms with Crippen molar-refractivity contribution < 1.29 is 18.5 Å². The molecule has 0 spiro atoms. The van der Waals surface area contributed by atoms with Crippen molar-refractivity contribution in [3.8, 4) is 0 Å². The summed E-state index contributed by atoms with van der Waals surface area (Å²) in [5.41, 5.74) is 2.92. The number of hydrogen-bond donors (Lipinski definition) is 0. The molecule has 4 heterocycles. The average Bonchev–Trinajstić information content (AvgIpc) is 3.47. The third-order valence-electron chi connectivity index (χ3n) is 5.55. The van der Waals surface area contributed by atoms with Crippen molar-refractivity contribution in [2.75, 3.05) is 20.2 Å². The van der Waals surface area contributed by atoms with Gasteiger partial charge in [-0.3, -0.25) is 4.79 Å². The second kappa shape index (κ2) is 7.87. The number of rotatable bonds is 6. The van der Waals surface area contributed by atoms with Crippen LogP contribution in [0, 0.1) is 20.8 Å². The Morgan fingerprint density at radius 2 is 2.14 bits per heavy atom. The minimum Gasteiger partial charge on any atom is -0.456 e. The normalized spacial score (nSPS) is 16.7. The number of nitrogens with zero attached hydrogens (tertiary/aromatic N) is 4. The van der Waals surface area contributed by atoms with Crippen LogP contribution in [0.4, 0.5) is 0 Å². The number of methoxy groups -OCH3 is 1. The van der Waals surface area contributed by atoms with E-state index in [0.29, 0.717) is 31.9 Å². The van der Waals surface area contributed by atoms with Crippen molar-refractivity contribution in [2.45, 2.75) is 46.3 Å². The molecule has 0 radical (unpaired) electrons. The molecule has 0 saturated carbocycles. The summed E-state index contributed by atoms with van der Waals surface area (Å²) in [6, 6.07) is 3.80. The van der Waals surface area contributed by atoms with Gasteiger partial charge in [-0.15, -0.1) is 0 Å². The van der Waals surface area contributed by atoms with Gasteiger partial charge in [0, 0.05) is 44.1 Å². The largest absolute Gasteiger partial charge is 0.456 e. The first-order valence-corrected chi connectivity index (χ1v) is 9.79. The predicted octanol–water partition coefficient (Wildman–Crippen LogP) is 3.21. The first kappa shape index (κ1) is 19.4. The number of aryl methyl sites for hydroxylation is 3. The predicted molar refractivity (Wildman–Crippen MR) is 105 cm³/mol. The fourth-order valence-corrected chi connectivity index (χ4v) is 4.04. The van der Waals surface area contributed by atoms with E-state index < -0.39 is 0 Å². The molecular formula is C21H26N4O4. The number of ether oxygens (including phenoxy) is 1. The number of imidazole rings is 1. The van der Waals surface area contributed by atoms with Gasteiger partial charge >= 0.3 is 0 Å². The zero-order chi connectivity index (χ0) is 20.5. The maximum Gasteiger partial charge on any atom is 0.289 e. The molecular weight excluding hydrogens is 372 g/mol. The van der Waals surface area contributed by atoms with E-state index in [0.717, 1.165) is 40.7 Å². The van der Waals surface area contributed by atoms with E-state index in [1.54, 1.807) is 13.2 Å². The average molecular weight is 398 g/mol. The lowest BCUT2D eigenvalue weighted by Gasteiger charge is -2.19. The SMILES string of the molecule is COCc1ncc(C)n1C1CCN(C(=O)c2ccc(Cc3c(C)noc3C)o2)C1. The highest BCUT2D eigenvalue weighted by molar-refractivity contribution is 5.91. The summed E-state index contributed by atoms with van der Waals surface area (Å²) < 4.78 is 18.5. The van der Waals surface area contributed by atoms with Gasteiger partial charge in [0.1, 0.15) is 24.0 Å². The summed E-state index contributed by atoms with van der Waals surface area (Å²) >= 11 is 0. The molecule has 0 bridgehead atoms. The summed E-state index contributed by atoms with van der Waals surface area (Å²) in [6.07, 6.45) is 3.30. The second-order valence-corrected chi connectivity index (χ2v) is 7.56. The maximum atomic E-state index is 13.0. The van der Waals surface area contributed by atoms with Gasteiger partial charge in [-0.2, -0.15) is 0 Å². The van der Waals surface area contributed by atoms with Crippen molar-refractivity contribution in [1.29, 1.82) is 0 Å². The molecule has 1 fully saturated rings. The van der Waals surface area contributed by atoms with E-state index in [-0.39, 0.29) is 11.9 Å². The van der Waals surface area contributed by atoms with Crippen molar-refractivity contribution in [3.05, 3.63) is 58.4 Å². The minimum absolute atomic E-state index is 0.0800. The monoisotopic (exact) mass is 398 g/mol. The number of hydrogen-bond acceptors (Lipinski definition) is 6. The molecule has 0 aromatic carbocycles. The third kappa shape index (κ3) is 3.72. The van der Waals surface area contributed by atoms with Crippen LogP contribution in [-0.4, -0.2) is 45.7 Å². The number of amides is 1. The molecule has 8 heteroatoms. The summed E-state index contributed by atoms with van der Waals surface area (Å²) in [5, 5.41) is 3.97. The number of furan rings is 1. The molecule has 4 rings (SSSR count). The quantitative estimate of drug-likeness (QED) is 0.634. The highest BCUT2D eigenvalue weighted by Gasteiger charge is 2.31. The molecule has 1 saturated heterocycles. The molecule has 3 aromatic heterocycles. The second-order valence-electron chi connectivity index (χ2n) is 7.56. The highest BCUT2D eigenvalue weighted by atomic mass is 16.5. The van der Waals surface area contributed by atoms with Crippen LogP contribution in [0.2, 0.25) is 0 Å². The molecule has 0 aliphatic carbocycles. The van der Waals surface area contributed by atoms with Gasteiger partial charge < -0.3 is 23.1 Å². The maximum absolute atomic E-state index is 13.0. The van der Waals surface area contributed by atoms with Gasteiger partial charge in [0.15, 0.2) is 5.76 Å². The van der Waals surface area contributed by atoms with Crippen LogP contribution in [0.25, 0.3) is 0 Å². The first-order chi connectivity index (χ1) is 14.0. The molecule has 1 unspecified atom stereocenters. The minimum atomic E-state index is -0.0800. The first-order valence-electron chi connectivity index (χ1n) is 9.79. The Balaban J connectivity index is 1.45. The Hall–Kier alpha value is -2.87. The summed E-state index contributed by atoms with van der Waals surface area (Å²) in [7, 11) is 1.66. The molecule has 0 N–H and O–H groups in total. The summed E-state index contributed by atoms with van der Waals surface area (Å²) in [6.45, 7) is 7.59. The molecule has 1 aliphatic heterocycles. The standard InChI is InChI=1S/C21H26N4O4/c1-13-10-22-20(12-27-4)25(13)16-7-8-24(11-16)21(26)19-6-5-17(28-19)9-18-14(2)23-29-15(18)3/h5-6,10,16H,7-9,11-12H2,1-4H3. The van der Waals surface area contributed by atoms with Crippen molar-refractivity contribution in [3.63, 3.8) is 0 Å². The van der Waals surface area contributed by atoms with Crippen LogP contribution in [0.1, 0.15) is 57.3 Å². The molecule has 1 atom stereocenters. The van der Waals surface area contributed by atoms with Crippen LogP contribution >= 0.6 is 0 Å². The molecule has 1 aliphatic rings. The van der Waals surface area contributed by atoms with E-state index >= 15 is 0 Å². The van der Waals surface area contributed by atoms with Crippen LogP contribution in [0.3, 0.4) is 0 Å². The Bertz CT molecular complexity index is 996. The van der Waals surface area contributed by atoms with Gasteiger partial charge in [-0.1, -0.05) is 5.16 Å². The molecule has 3 aromatic rings. The Morgan fingerprint density at radius 1 is 1.31 bits per heavy atom. The fraction of sp³-hybridized carbons (Fsp3) is 0.476. The number of carbonyl (C=O) groups is 1. The zero-order valence-corrected chi connectivity index (χ0v) is 17.3. The lowest BCUT2D eigenvalue weighted by atomic mass is 10.1. The lowest BCUT2D eigenvalue weighted by Crippen LogP contribution is -2.29. The number of carbonyl (C=O) groups excluding carboxylic acids is 1. The van der Waals surface area contributed by atoms with Gasteiger partial charge in [0.25, 0.3) is 5.91 Å². The molecule has 29 heavy (non-hydrogen) atoms. The van der Waals surface area contributed by atoms with Gasteiger partial charge in [-0.25, -0.2) is 4.98 Å². The van der Waals surface area contributed by atoms with E-state index in [9.17, 15) is 4.79 Å². The van der Waals surface area contributed by atoms with Crippen molar-refractivity contribution in [2.24, 2.45) is 0 Å². The molecule has 154 valence electrons. The Kier molecular flexibility index (Phi) is 5.27. The van der Waals surface area contributed by atoms with E-state index in [1.165, 1.54) is 0 Å². The smallest absolute Gasteiger partial charge is 0.289 e. The third-order valence-corrected chi connectivity index (χ3v) is 5.55. The van der Waals surface area contributed by atoms with E-state index in [1.807, 2.05) is 37.9 Å². The van der Waals surface area contributed by atoms with Crippen molar-refractivity contribution in [1.82, 2.24) is 19.6 Å². The summed E-state index contributed by atoms with van der Waals surface area (Å²) in [5.74, 6) is 2.68. The topological polar surface area (TPSA) is 86.5 Å². The van der Waals surface area contributed by atoms with E-state index in [4.69, 9.17) is 13.7 Å². The zero-order valence-electron chi connectivity index (χ0n) is 17.3. The van der Waals surface area contributed by atoms with E-state index in [2.05, 4.69) is 14.7 Å². The van der Waals surface area contributed by atoms with Crippen molar-refractivity contribution >= 4 is 5.91 Å². The summed E-state index contributed by atoms with van der Waals surface area (Å²) in [4.78, 5) is 19.2. The van der Waals surface area contributed by atoms with Crippen LogP contribution in [-0.2, 0) is 17.8 Å². The van der Waals surface area contributed by atoms with Crippen LogP contribution < -0.4 is 0 Å². The highest BCUT2D eigenvalue weighted by Crippen LogP contribution is 2.27. The Labute approximate surface area is 169 Å². The Morgan fingerprint density at radius 3 is 2.86 bits per heavy atom. The fourth-order valence-electron chi connectivity index (χ4n) is 4.04. The number of aromatic nitrogens is 3.